The monoisotopic (exact) mass is 250 g/mol. The fourth-order valence-corrected chi connectivity index (χ4v) is 1.98. The molecule has 1 N–H and O–H groups in total. The summed E-state index contributed by atoms with van der Waals surface area (Å²) in [5.74, 6) is 0. The summed E-state index contributed by atoms with van der Waals surface area (Å²) in [6.07, 6.45) is 0. The molecule has 0 atom stereocenters. The maximum Gasteiger partial charge on any atom is 0.0642 e. The molecule has 2 aliphatic heterocycles. The lowest BCUT2D eigenvalue weighted by molar-refractivity contribution is 0.109. The van der Waals surface area contributed by atoms with Crippen LogP contribution in [0.3, 0.4) is 0 Å². The number of para-hydroxylation sites is 1. The van der Waals surface area contributed by atoms with E-state index >= 15 is 0 Å². The zero-order valence-electron chi connectivity index (χ0n) is 10.8. The molecule has 0 bridgehead atoms. The summed E-state index contributed by atoms with van der Waals surface area (Å²) in [6.45, 7) is 7.58. The molecule has 2 fully saturated rings. The zero-order valence-corrected chi connectivity index (χ0v) is 10.8. The van der Waals surface area contributed by atoms with Crippen LogP contribution in [0.15, 0.2) is 30.3 Å². The highest BCUT2D eigenvalue weighted by atomic mass is 16.5. The van der Waals surface area contributed by atoms with E-state index in [0.717, 1.165) is 52.6 Å². The fourth-order valence-electron chi connectivity index (χ4n) is 1.98. The largest absolute Gasteiger partial charge is 0.379 e. The fraction of sp³-hybridized carbons (Fsp3) is 0.571. The molecule has 0 unspecified atom stereocenters. The van der Waals surface area contributed by atoms with Crippen molar-refractivity contribution in [3.05, 3.63) is 30.3 Å². The van der Waals surface area contributed by atoms with Gasteiger partial charge in [-0.25, -0.2) is 0 Å². The van der Waals surface area contributed by atoms with Gasteiger partial charge in [0.15, 0.2) is 0 Å². The first-order valence-corrected chi connectivity index (χ1v) is 6.63. The van der Waals surface area contributed by atoms with E-state index in [1.54, 1.807) is 0 Å². The van der Waals surface area contributed by atoms with E-state index in [-0.39, 0.29) is 0 Å². The molecular weight excluding hydrogens is 228 g/mol. The van der Waals surface area contributed by atoms with Crippen LogP contribution in [0.4, 0.5) is 5.69 Å². The highest BCUT2D eigenvalue weighted by Gasteiger charge is 2.09. The molecule has 1 aromatic rings. The molecule has 0 aliphatic carbocycles. The molecule has 2 heterocycles. The number of rotatable bonds is 1. The van der Waals surface area contributed by atoms with Gasteiger partial charge in [0, 0.05) is 31.9 Å². The van der Waals surface area contributed by atoms with Gasteiger partial charge >= 0.3 is 0 Å². The van der Waals surface area contributed by atoms with E-state index in [9.17, 15) is 0 Å². The predicted octanol–water partition coefficient (Wildman–Crippen LogP) is 1.13. The maximum atomic E-state index is 5.28. The van der Waals surface area contributed by atoms with Crippen LogP contribution < -0.4 is 10.2 Å². The summed E-state index contributed by atoms with van der Waals surface area (Å²) >= 11 is 0. The van der Waals surface area contributed by atoms with Gasteiger partial charge in [-0.1, -0.05) is 18.2 Å². The average Bonchev–Trinajstić information content (AvgIpc) is 2.51. The van der Waals surface area contributed by atoms with E-state index in [4.69, 9.17) is 9.47 Å². The van der Waals surface area contributed by atoms with Crippen LogP contribution in [-0.2, 0) is 9.47 Å². The highest BCUT2D eigenvalue weighted by Crippen LogP contribution is 2.13. The molecule has 18 heavy (non-hydrogen) atoms. The molecule has 0 saturated carbocycles. The number of ether oxygens (including phenoxy) is 2. The van der Waals surface area contributed by atoms with Crippen molar-refractivity contribution in [3.8, 4) is 0 Å². The van der Waals surface area contributed by atoms with E-state index in [2.05, 4.69) is 34.5 Å². The third kappa shape index (κ3) is 4.64. The second-order valence-electron chi connectivity index (χ2n) is 4.30. The predicted molar refractivity (Wildman–Crippen MR) is 73.2 cm³/mol. The molecular formula is C14H22N2O2. The molecule has 4 heteroatoms. The third-order valence-electron chi connectivity index (χ3n) is 2.98. The molecule has 0 aromatic heterocycles. The first-order chi connectivity index (χ1) is 8.97. The minimum absolute atomic E-state index is 0.856. The van der Waals surface area contributed by atoms with Gasteiger partial charge in [0.25, 0.3) is 0 Å². The molecule has 0 amide bonds. The Labute approximate surface area is 109 Å². The van der Waals surface area contributed by atoms with Crippen molar-refractivity contribution in [1.29, 1.82) is 0 Å². The Morgan fingerprint density at radius 1 is 0.833 bits per heavy atom. The minimum Gasteiger partial charge on any atom is -0.379 e. The molecule has 3 rings (SSSR count). The number of nitrogens with zero attached hydrogens (tertiary/aromatic N) is 1. The normalized spacial score (nSPS) is 19.9. The zero-order chi connectivity index (χ0) is 12.5. The Balaban J connectivity index is 0.000000169. The standard InChI is InChI=1S/C10H13NO.C4H9NO/c1-2-4-10(5-3-1)11-6-8-12-9-7-11;1-3-6-4-2-5-1/h1-5H,6-9H2;5H,1-4H2. The Morgan fingerprint density at radius 2 is 1.44 bits per heavy atom. The maximum absolute atomic E-state index is 5.28. The summed E-state index contributed by atoms with van der Waals surface area (Å²) in [7, 11) is 0. The quantitative estimate of drug-likeness (QED) is 0.810. The van der Waals surface area contributed by atoms with Gasteiger partial charge in [0.2, 0.25) is 0 Å². The molecule has 0 radical (unpaired) electrons. The van der Waals surface area contributed by atoms with Crippen LogP contribution in [0.5, 0.6) is 0 Å². The topological polar surface area (TPSA) is 33.7 Å². The molecule has 4 nitrogen and oxygen atoms in total. The van der Waals surface area contributed by atoms with Crippen LogP contribution in [-0.4, -0.2) is 52.6 Å². The van der Waals surface area contributed by atoms with Gasteiger partial charge in [-0.3, -0.25) is 0 Å². The molecule has 1 aromatic carbocycles. The number of nitrogens with one attached hydrogen (secondary N) is 1. The van der Waals surface area contributed by atoms with Crippen molar-refractivity contribution in [2.45, 2.75) is 0 Å². The third-order valence-corrected chi connectivity index (χ3v) is 2.98. The lowest BCUT2D eigenvalue weighted by atomic mass is 10.3. The summed E-state index contributed by atoms with van der Waals surface area (Å²) in [6, 6.07) is 10.5. The van der Waals surface area contributed by atoms with E-state index in [0.29, 0.717) is 0 Å². The van der Waals surface area contributed by atoms with Crippen molar-refractivity contribution < 1.29 is 9.47 Å². The van der Waals surface area contributed by atoms with Crippen molar-refractivity contribution in [3.63, 3.8) is 0 Å². The first kappa shape index (κ1) is 13.3. The molecule has 0 spiro atoms. The van der Waals surface area contributed by atoms with Gasteiger partial charge in [-0.2, -0.15) is 0 Å². The Morgan fingerprint density at radius 3 is 1.94 bits per heavy atom. The smallest absolute Gasteiger partial charge is 0.0642 e. The molecule has 2 aliphatic rings. The summed E-state index contributed by atoms with van der Waals surface area (Å²) < 4.78 is 10.3. The second-order valence-corrected chi connectivity index (χ2v) is 4.30. The first-order valence-electron chi connectivity index (χ1n) is 6.63. The van der Waals surface area contributed by atoms with Gasteiger partial charge < -0.3 is 19.7 Å². The van der Waals surface area contributed by atoms with Crippen LogP contribution in [0, 0.1) is 0 Å². The van der Waals surface area contributed by atoms with Crippen LogP contribution in [0.2, 0.25) is 0 Å². The van der Waals surface area contributed by atoms with E-state index in [1.807, 2.05) is 6.07 Å². The molecule has 2 saturated heterocycles. The van der Waals surface area contributed by atoms with Crippen molar-refractivity contribution in [1.82, 2.24) is 5.32 Å². The van der Waals surface area contributed by atoms with Crippen LogP contribution in [0.1, 0.15) is 0 Å². The van der Waals surface area contributed by atoms with E-state index < -0.39 is 0 Å². The average molecular weight is 250 g/mol. The summed E-state index contributed by atoms with van der Waals surface area (Å²) in [5.41, 5.74) is 1.31. The van der Waals surface area contributed by atoms with Gasteiger partial charge in [0.05, 0.1) is 26.4 Å². The SMILES string of the molecule is C1COCCN1.c1ccc(N2CCOCC2)cc1. The van der Waals surface area contributed by atoms with E-state index in [1.165, 1.54) is 5.69 Å². The Kier molecular flexibility index (Phi) is 5.99. The van der Waals surface area contributed by atoms with Crippen molar-refractivity contribution in [2.24, 2.45) is 0 Å². The van der Waals surface area contributed by atoms with Crippen LogP contribution >= 0.6 is 0 Å². The van der Waals surface area contributed by atoms with Gasteiger partial charge in [-0.15, -0.1) is 0 Å². The molecule has 100 valence electrons. The second kappa shape index (κ2) is 8.08. The number of anilines is 1. The summed E-state index contributed by atoms with van der Waals surface area (Å²) in [4.78, 5) is 2.35. The Bertz CT molecular complexity index is 297. The van der Waals surface area contributed by atoms with Crippen molar-refractivity contribution >= 4 is 5.69 Å². The van der Waals surface area contributed by atoms with Crippen molar-refractivity contribution in [2.75, 3.05) is 57.5 Å². The van der Waals surface area contributed by atoms with Crippen LogP contribution in [0.25, 0.3) is 0 Å². The number of morpholine rings is 2. The lowest BCUT2D eigenvalue weighted by Crippen LogP contribution is -2.36. The number of hydrogen-bond donors (Lipinski definition) is 1. The summed E-state index contributed by atoms with van der Waals surface area (Å²) in [5, 5.41) is 3.16. The van der Waals surface area contributed by atoms with Gasteiger partial charge in [0.1, 0.15) is 0 Å². The lowest BCUT2D eigenvalue weighted by Gasteiger charge is -2.28. The number of benzene rings is 1. The minimum atomic E-state index is 0.856. The Hall–Kier alpha value is -1.10. The highest BCUT2D eigenvalue weighted by molar-refractivity contribution is 5.46. The van der Waals surface area contributed by atoms with Gasteiger partial charge in [-0.05, 0) is 12.1 Å². The number of hydrogen-bond acceptors (Lipinski definition) is 4.